The van der Waals surface area contributed by atoms with Crippen LogP contribution in [0.25, 0.3) is 11.1 Å². The Balaban J connectivity index is 2.18. The largest absolute Gasteiger partial charge is 0.465 e. The summed E-state index contributed by atoms with van der Waals surface area (Å²) in [5.41, 5.74) is 0.508. The van der Waals surface area contributed by atoms with Gasteiger partial charge < -0.3 is 4.74 Å². The third-order valence-electron chi connectivity index (χ3n) is 5.08. The highest BCUT2D eigenvalue weighted by atomic mass is 16.6. The molecule has 0 radical (unpaired) electrons. The van der Waals surface area contributed by atoms with Crippen LogP contribution in [0.4, 0.5) is 5.69 Å². The lowest BCUT2D eigenvalue weighted by Crippen LogP contribution is -2.14. The molecule has 0 N–H and O–H groups in total. The van der Waals surface area contributed by atoms with Crippen LogP contribution in [0.2, 0.25) is 0 Å². The van der Waals surface area contributed by atoms with E-state index in [0.717, 1.165) is 32.8 Å². The minimum absolute atomic E-state index is 0.000926. The van der Waals surface area contributed by atoms with Gasteiger partial charge in [0.1, 0.15) is 11.1 Å². The highest BCUT2D eigenvalue weighted by Gasteiger charge is 2.33. The molecule has 2 aromatic rings. The molecule has 1 aliphatic rings. The summed E-state index contributed by atoms with van der Waals surface area (Å²) in [6.07, 6.45) is 4.32. The van der Waals surface area contributed by atoms with Crippen LogP contribution in [0.3, 0.4) is 0 Å². The minimum Gasteiger partial charge on any atom is -0.465 e. The molecule has 3 rings (SSSR count). The number of ether oxygens (including phenoxy) is 1. The van der Waals surface area contributed by atoms with Crippen molar-refractivity contribution in [3.8, 4) is 11.1 Å². The molecule has 0 aromatic heterocycles. The highest BCUT2D eigenvalue weighted by molar-refractivity contribution is 6.10. The molecule has 0 heterocycles. The molecule has 0 bridgehead atoms. The van der Waals surface area contributed by atoms with Crippen LogP contribution in [0.1, 0.15) is 52.8 Å². The Morgan fingerprint density at radius 2 is 1.78 bits per heavy atom. The van der Waals surface area contributed by atoms with Crippen molar-refractivity contribution in [2.45, 2.75) is 32.1 Å². The van der Waals surface area contributed by atoms with E-state index in [1.165, 1.54) is 6.07 Å². The fraction of sp³-hybridized carbons (Fsp3) is 0.333. The molecule has 0 unspecified atom stereocenters. The van der Waals surface area contributed by atoms with Crippen LogP contribution < -0.4 is 0 Å². The minimum atomic E-state index is -0.823. The predicted molar refractivity (Wildman–Crippen MR) is 101 cm³/mol. The van der Waals surface area contributed by atoms with Gasteiger partial charge in [0.2, 0.25) is 0 Å². The van der Waals surface area contributed by atoms with E-state index in [1.807, 2.05) is 6.07 Å². The molecule has 27 heavy (non-hydrogen) atoms. The number of nitrogens with zero attached hydrogens (tertiary/aromatic N) is 1. The molecule has 1 saturated carbocycles. The van der Waals surface area contributed by atoms with Crippen molar-refractivity contribution >= 4 is 17.4 Å². The van der Waals surface area contributed by atoms with Gasteiger partial charge in [-0.15, -0.1) is 0 Å². The lowest BCUT2D eigenvalue weighted by molar-refractivity contribution is -0.385. The van der Waals surface area contributed by atoms with Crippen molar-refractivity contribution in [3.05, 3.63) is 63.7 Å². The number of hydrogen-bond acceptors (Lipinski definition) is 5. The van der Waals surface area contributed by atoms with Crippen LogP contribution in [-0.2, 0) is 4.74 Å². The first-order valence-electron chi connectivity index (χ1n) is 9.01. The number of carbonyl (C=O) groups excluding carboxylic acids is 2. The Bertz CT molecular complexity index is 870. The van der Waals surface area contributed by atoms with Crippen molar-refractivity contribution in [2.75, 3.05) is 7.11 Å². The average molecular weight is 367 g/mol. The number of benzene rings is 2. The quantitative estimate of drug-likeness (QED) is 0.316. The topological polar surface area (TPSA) is 86.5 Å². The summed E-state index contributed by atoms with van der Waals surface area (Å²) in [7, 11) is 1.16. The highest BCUT2D eigenvalue weighted by Crippen LogP contribution is 2.37. The van der Waals surface area contributed by atoms with E-state index in [4.69, 9.17) is 0 Å². The van der Waals surface area contributed by atoms with Gasteiger partial charge >= 0.3 is 5.97 Å². The molecule has 6 nitrogen and oxygen atoms in total. The van der Waals surface area contributed by atoms with Gasteiger partial charge in [-0.2, -0.15) is 0 Å². The van der Waals surface area contributed by atoms with Gasteiger partial charge in [-0.3, -0.25) is 14.9 Å². The van der Waals surface area contributed by atoms with Crippen molar-refractivity contribution in [1.82, 2.24) is 0 Å². The number of carbonyl (C=O) groups is 2. The number of nitro benzene ring substituents is 1. The second kappa shape index (κ2) is 8.12. The Morgan fingerprint density at radius 1 is 1.11 bits per heavy atom. The number of ketones is 1. The summed E-state index contributed by atoms with van der Waals surface area (Å²) in [6, 6.07) is 12.0. The number of esters is 1. The first-order chi connectivity index (χ1) is 13.0. The molecule has 0 aliphatic heterocycles. The van der Waals surface area contributed by atoms with Gasteiger partial charge in [0.05, 0.1) is 12.0 Å². The average Bonchev–Trinajstić information content (AvgIpc) is 3.19. The zero-order valence-electron chi connectivity index (χ0n) is 15.1. The van der Waals surface area contributed by atoms with E-state index >= 15 is 0 Å². The third-order valence-corrected chi connectivity index (χ3v) is 5.08. The maximum Gasteiger partial charge on any atom is 0.344 e. The smallest absolute Gasteiger partial charge is 0.344 e. The van der Waals surface area contributed by atoms with Crippen molar-refractivity contribution in [1.29, 1.82) is 0 Å². The van der Waals surface area contributed by atoms with Gasteiger partial charge in [0.15, 0.2) is 5.78 Å². The van der Waals surface area contributed by atoms with Gasteiger partial charge in [-0.05, 0) is 23.1 Å². The monoisotopic (exact) mass is 367 g/mol. The van der Waals surface area contributed by atoms with Crippen LogP contribution in [0, 0.1) is 16.0 Å². The normalized spacial score (nSPS) is 14.1. The lowest BCUT2D eigenvalue weighted by Gasteiger charge is -2.14. The number of nitro groups is 1. The summed E-state index contributed by atoms with van der Waals surface area (Å²) >= 11 is 0. The molecule has 6 heteroatoms. The summed E-state index contributed by atoms with van der Waals surface area (Å²) in [4.78, 5) is 36.4. The molecule has 0 spiro atoms. The van der Waals surface area contributed by atoms with E-state index in [1.54, 1.807) is 30.3 Å². The molecular weight excluding hydrogens is 346 g/mol. The first-order valence-corrected chi connectivity index (χ1v) is 9.01. The molecular formula is C21H21NO5. The molecule has 0 amide bonds. The molecule has 140 valence electrons. The Hall–Kier alpha value is -3.02. The Kier molecular flexibility index (Phi) is 5.64. The van der Waals surface area contributed by atoms with Crippen molar-refractivity contribution < 1.29 is 19.2 Å². The Morgan fingerprint density at radius 3 is 2.37 bits per heavy atom. The standard InChI is InChI=1S/C21H21NO5/c1-27-21(24)17-12-11-16(15-9-3-2-4-10-15)19(20(17)22(25)26)18(23)13-14-7-5-6-8-14/h2-4,9-12,14H,5-8,13H2,1H3. The second-order valence-electron chi connectivity index (χ2n) is 6.78. The zero-order valence-corrected chi connectivity index (χ0v) is 15.1. The summed E-state index contributed by atoms with van der Waals surface area (Å²) in [5, 5.41) is 11.8. The fourth-order valence-corrected chi connectivity index (χ4v) is 3.77. The molecule has 1 aliphatic carbocycles. The zero-order chi connectivity index (χ0) is 19.4. The maximum absolute atomic E-state index is 13.1. The molecule has 0 atom stereocenters. The summed E-state index contributed by atoms with van der Waals surface area (Å²) in [6.45, 7) is 0. The van der Waals surface area contributed by atoms with Gasteiger partial charge in [0, 0.05) is 6.42 Å². The van der Waals surface area contributed by atoms with E-state index in [0.29, 0.717) is 11.1 Å². The molecule has 1 fully saturated rings. The van der Waals surface area contributed by atoms with E-state index in [2.05, 4.69) is 4.74 Å². The SMILES string of the molecule is COC(=O)c1ccc(-c2ccccc2)c(C(=O)CC2CCCC2)c1[N+](=O)[O-]. The van der Waals surface area contributed by atoms with Crippen LogP contribution in [-0.4, -0.2) is 23.8 Å². The summed E-state index contributed by atoms with van der Waals surface area (Å²) < 4.78 is 4.69. The van der Waals surface area contributed by atoms with Gasteiger partial charge in [0.25, 0.3) is 5.69 Å². The van der Waals surface area contributed by atoms with E-state index < -0.39 is 16.6 Å². The van der Waals surface area contributed by atoms with Crippen molar-refractivity contribution in [2.24, 2.45) is 5.92 Å². The predicted octanol–water partition coefficient (Wildman–Crippen LogP) is 4.81. The molecule has 0 saturated heterocycles. The fourth-order valence-electron chi connectivity index (χ4n) is 3.77. The van der Waals surface area contributed by atoms with Crippen LogP contribution in [0.5, 0.6) is 0 Å². The van der Waals surface area contributed by atoms with Crippen molar-refractivity contribution in [3.63, 3.8) is 0 Å². The number of methoxy groups -OCH3 is 1. The van der Waals surface area contributed by atoms with E-state index in [-0.39, 0.29) is 29.2 Å². The lowest BCUT2D eigenvalue weighted by atomic mass is 9.88. The van der Waals surface area contributed by atoms with E-state index in [9.17, 15) is 19.7 Å². The van der Waals surface area contributed by atoms with Gasteiger partial charge in [-0.25, -0.2) is 4.79 Å². The van der Waals surface area contributed by atoms with Crippen LogP contribution in [0.15, 0.2) is 42.5 Å². The number of Topliss-reactive ketones (excluding diaryl/α,β-unsaturated/α-hetero) is 1. The van der Waals surface area contributed by atoms with Gasteiger partial charge in [-0.1, -0.05) is 62.1 Å². The second-order valence-corrected chi connectivity index (χ2v) is 6.78. The number of hydrogen-bond donors (Lipinski definition) is 0. The molecule has 2 aromatic carbocycles. The third kappa shape index (κ3) is 3.89. The van der Waals surface area contributed by atoms with Crippen LogP contribution >= 0.6 is 0 Å². The maximum atomic E-state index is 13.1. The Labute approximate surface area is 157 Å². The first kappa shape index (κ1) is 18.8. The summed E-state index contributed by atoms with van der Waals surface area (Å²) in [5.74, 6) is -0.878. The number of rotatable bonds is 6.